The van der Waals surface area contributed by atoms with Gasteiger partial charge >= 0.3 is 0 Å². The van der Waals surface area contributed by atoms with Crippen LogP contribution in [0.15, 0.2) is 81.5 Å². The summed E-state index contributed by atoms with van der Waals surface area (Å²) in [6.45, 7) is 0. The molecule has 0 aromatic heterocycles. The fraction of sp³-hybridized carbons (Fsp3) is 0.0500. The molecular formula is C20H15IN2S. The lowest BCUT2D eigenvalue weighted by atomic mass is 10.2. The normalized spacial score (nSPS) is 13.0. The van der Waals surface area contributed by atoms with E-state index in [1.807, 2.05) is 30.1 Å². The third-order valence-electron chi connectivity index (χ3n) is 3.98. The number of anilines is 2. The van der Waals surface area contributed by atoms with Crippen molar-refractivity contribution in [3.63, 3.8) is 0 Å². The molecule has 3 aromatic rings. The van der Waals surface area contributed by atoms with Crippen LogP contribution in [0.1, 0.15) is 5.56 Å². The van der Waals surface area contributed by atoms with Crippen molar-refractivity contribution in [2.45, 2.75) is 9.79 Å². The molecule has 0 radical (unpaired) electrons. The minimum absolute atomic E-state index is 0.975. The summed E-state index contributed by atoms with van der Waals surface area (Å²) in [5.74, 6) is 0. The SMILES string of the molecule is CN1c2ccccc2Sc2cc(C=Nc3ccc(I)cc3)ccc21. The minimum Gasteiger partial charge on any atom is -0.343 e. The van der Waals surface area contributed by atoms with Crippen LogP contribution in [0.2, 0.25) is 0 Å². The molecule has 0 N–H and O–H groups in total. The number of hydrogen-bond acceptors (Lipinski definition) is 3. The van der Waals surface area contributed by atoms with E-state index >= 15 is 0 Å². The van der Waals surface area contributed by atoms with Gasteiger partial charge in [-0.15, -0.1) is 0 Å². The maximum Gasteiger partial charge on any atom is 0.0630 e. The van der Waals surface area contributed by atoms with Gasteiger partial charge in [-0.05, 0) is 76.7 Å². The van der Waals surface area contributed by atoms with Gasteiger partial charge in [0.15, 0.2) is 0 Å². The number of rotatable bonds is 2. The van der Waals surface area contributed by atoms with Gasteiger partial charge in [-0.25, -0.2) is 0 Å². The molecule has 3 aromatic carbocycles. The number of nitrogens with zero attached hydrogens (tertiary/aromatic N) is 2. The van der Waals surface area contributed by atoms with Gasteiger partial charge in [-0.2, -0.15) is 0 Å². The summed E-state index contributed by atoms with van der Waals surface area (Å²) in [5, 5.41) is 0. The van der Waals surface area contributed by atoms with Crippen molar-refractivity contribution in [2.24, 2.45) is 4.99 Å². The van der Waals surface area contributed by atoms with E-state index in [4.69, 9.17) is 0 Å². The van der Waals surface area contributed by atoms with Crippen LogP contribution in [0, 0.1) is 3.57 Å². The smallest absolute Gasteiger partial charge is 0.0630 e. The van der Waals surface area contributed by atoms with E-state index in [1.165, 1.54) is 24.7 Å². The number of aliphatic imine (C=N–C) groups is 1. The molecule has 0 atom stereocenters. The zero-order valence-corrected chi connectivity index (χ0v) is 16.1. The Morgan fingerprint density at radius 3 is 2.50 bits per heavy atom. The van der Waals surface area contributed by atoms with Crippen molar-refractivity contribution in [3.05, 3.63) is 75.9 Å². The van der Waals surface area contributed by atoms with Crippen molar-refractivity contribution in [1.82, 2.24) is 0 Å². The molecule has 118 valence electrons. The first-order valence-electron chi connectivity index (χ1n) is 7.65. The lowest BCUT2D eigenvalue weighted by Gasteiger charge is -2.29. The number of hydrogen-bond donors (Lipinski definition) is 0. The molecule has 4 rings (SSSR count). The van der Waals surface area contributed by atoms with Crippen LogP contribution in [-0.4, -0.2) is 13.3 Å². The standard InChI is InChI=1S/C20H15IN2S/c1-23-17-4-2-3-5-19(17)24-20-12-14(6-11-18(20)23)13-22-16-9-7-15(21)8-10-16/h2-13H,1H3. The van der Waals surface area contributed by atoms with Crippen LogP contribution in [0.3, 0.4) is 0 Å². The Morgan fingerprint density at radius 1 is 0.917 bits per heavy atom. The van der Waals surface area contributed by atoms with Gasteiger partial charge in [0, 0.05) is 26.6 Å². The summed E-state index contributed by atoms with van der Waals surface area (Å²) in [6, 6.07) is 23.2. The molecule has 1 heterocycles. The topological polar surface area (TPSA) is 15.6 Å². The van der Waals surface area contributed by atoms with E-state index < -0.39 is 0 Å². The molecular weight excluding hydrogens is 427 g/mol. The second kappa shape index (κ2) is 6.61. The molecule has 0 saturated heterocycles. The van der Waals surface area contributed by atoms with E-state index in [-0.39, 0.29) is 0 Å². The fourth-order valence-electron chi connectivity index (χ4n) is 2.71. The van der Waals surface area contributed by atoms with Crippen molar-refractivity contribution < 1.29 is 0 Å². The Bertz CT molecular complexity index is 919. The average Bonchev–Trinajstić information content (AvgIpc) is 2.61. The number of benzene rings is 3. The molecule has 0 aliphatic carbocycles. The third-order valence-corrected chi connectivity index (χ3v) is 5.81. The first-order chi connectivity index (χ1) is 11.7. The Kier molecular flexibility index (Phi) is 4.33. The van der Waals surface area contributed by atoms with Crippen LogP contribution >= 0.6 is 34.4 Å². The maximum atomic E-state index is 4.58. The molecule has 24 heavy (non-hydrogen) atoms. The first-order valence-corrected chi connectivity index (χ1v) is 9.54. The highest BCUT2D eigenvalue weighted by molar-refractivity contribution is 14.1. The van der Waals surface area contributed by atoms with Gasteiger partial charge in [-0.3, -0.25) is 4.99 Å². The van der Waals surface area contributed by atoms with Gasteiger partial charge < -0.3 is 4.90 Å². The molecule has 1 aliphatic heterocycles. The van der Waals surface area contributed by atoms with Crippen LogP contribution in [0.25, 0.3) is 0 Å². The molecule has 1 aliphatic rings. The Hall–Kier alpha value is -1.79. The highest BCUT2D eigenvalue weighted by atomic mass is 127. The Labute approximate surface area is 159 Å². The highest BCUT2D eigenvalue weighted by Gasteiger charge is 2.20. The summed E-state index contributed by atoms with van der Waals surface area (Å²) in [6.07, 6.45) is 1.93. The van der Waals surface area contributed by atoms with Gasteiger partial charge in [0.2, 0.25) is 0 Å². The summed E-state index contributed by atoms with van der Waals surface area (Å²) in [4.78, 5) is 9.39. The number of para-hydroxylation sites is 1. The second-order valence-electron chi connectivity index (χ2n) is 5.59. The van der Waals surface area contributed by atoms with Gasteiger partial charge in [-0.1, -0.05) is 30.0 Å². The number of halogens is 1. The van der Waals surface area contributed by atoms with E-state index in [0.717, 1.165) is 11.3 Å². The molecule has 0 spiro atoms. The molecule has 0 saturated carbocycles. The molecule has 0 fully saturated rings. The van der Waals surface area contributed by atoms with Crippen LogP contribution in [-0.2, 0) is 0 Å². The van der Waals surface area contributed by atoms with Gasteiger partial charge in [0.1, 0.15) is 0 Å². The zero-order chi connectivity index (χ0) is 16.5. The van der Waals surface area contributed by atoms with Crippen LogP contribution in [0.4, 0.5) is 17.1 Å². The van der Waals surface area contributed by atoms with Crippen molar-refractivity contribution in [1.29, 1.82) is 0 Å². The minimum atomic E-state index is 0.975. The van der Waals surface area contributed by atoms with E-state index in [2.05, 4.69) is 94.1 Å². The summed E-state index contributed by atoms with van der Waals surface area (Å²) in [5.41, 5.74) is 4.59. The molecule has 0 bridgehead atoms. The van der Waals surface area contributed by atoms with Crippen LogP contribution in [0.5, 0.6) is 0 Å². The van der Waals surface area contributed by atoms with E-state index in [9.17, 15) is 0 Å². The zero-order valence-electron chi connectivity index (χ0n) is 13.1. The second-order valence-corrected chi connectivity index (χ2v) is 7.92. The lowest BCUT2D eigenvalue weighted by Crippen LogP contribution is -2.14. The highest BCUT2D eigenvalue weighted by Crippen LogP contribution is 2.47. The monoisotopic (exact) mass is 442 g/mol. The van der Waals surface area contributed by atoms with Crippen molar-refractivity contribution in [2.75, 3.05) is 11.9 Å². The van der Waals surface area contributed by atoms with Gasteiger partial charge in [0.05, 0.1) is 17.1 Å². The molecule has 4 heteroatoms. The predicted octanol–water partition coefficient (Wildman–Crippen LogP) is 6.27. The van der Waals surface area contributed by atoms with Crippen molar-refractivity contribution >= 4 is 57.6 Å². The first kappa shape index (κ1) is 15.7. The molecule has 0 unspecified atom stereocenters. The number of fused-ring (bicyclic) bond motifs is 2. The summed E-state index contributed by atoms with van der Waals surface area (Å²) < 4.78 is 1.22. The Morgan fingerprint density at radius 2 is 1.67 bits per heavy atom. The summed E-state index contributed by atoms with van der Waals surface area (Å²) >= 11 is 4.12. The van der Waals surface area contributed by atoms with E-state index in [0.29, 0.717) is 0 Å². The maximum absolute atomic E-state index is 4.58. The van der Waals surface area contributed by atoms with Crippen molar-refractivity contribution in [3.8, 4) is 0 Å². The Balaban J connectivity index is 1.64. The van der Waals surface area contributed by atoms with Gasteiger partial charge in [0.25, 0.3) is 0 Å². The molecule has 0 amide bonds. The third kappa shape index (κ3) is 3.08. The quantitative estimate of drug-likeness (QED) is 0.343. The van der Waals surface area contributed by atoms with Crippen LogP contribution < -0.4 is 4.90 Å². The molecule has 2 nitrogen and oxygen atoms in total. The largest absolute Gasteiger partial charge is 0.343 e. The summed E-state index contributed by atoms with van der Waals surface area (Å²) in [7, 11) is 2.12. The predicted molar refractivity (Wildman–Crippen MR) is 111 cm³/mol. The lowest BCUT2D eigenvalue weighted by molar-refractivity contribution is 1.11. The van der Waals surface area contributed by atoms with E-state index in [1.54, 1.807) is 0 Å². The fourth-order valence-corrected chi connectivity index (χ4v) is 4.27. The average molecular weight is 442 g/mol.